The summed E-state index contributed by atoms with van der Waals surface area (Å²) >= 11 is 0. The van der Waals surface area contributed by atoms with Crippen LogP contribution in [0.15, 0.2) is 84.3 Å². The number of amides is 2. The maximum atomic E-state index is 12.5. The highest BCUT2D eigenvalue weighted by Crippen LogP contribution is 2.44. The Kier molecular flexibility index (Phi) is 13.0. The smallest absolute Gasteiger partial charge is 0.413 e. The maximum Gasteiger partial charge on any atom is 0.413 e. The number of nitrogens with one attached hydrogen (secondary N) is 1. The fraction of sp³-hybridized carbons (Fsp3) is 0.243. The van der Waals surface area contributed by atoms with E-state index in [0.29, 0.717) is 39.8 Å². The van der Waals surface area contributed by atoms with Gasteiger partial charge in [0.15, 0.2) is 9.84 Å². The molecule has 6 N–H and O–H groups in total. The van der Waals surface area contributed by atoms with Crippen molar-refractivity contribution in [1.82, 2.24) is 5.32 Å². The molecule has 4 aromatic rings. The van der Waals surface area contributed by atoms with E-state index in [1.54, 1.807) is 30.3 Å². The van der Waals surface area contributed by atoms with Gasteiger partial charge in [-0.25, -0.2) is 13.2 Å². The number of aliphatic hydroxyl groups excluding tert-OH is 1. The van der Waals surface area contributed by atoms with Crippen molar-refractivity contribution >= 4 is 33.6 Å². The van der Waals surface area contributed by atoms with Crippen molar-refractivity contribution in [2.75, 3.05) is 47.4 Å². The summed E-state index contributed by atoms with van der Waals surface area (Å²) in [4.78, 5) is 23.2. The zero-order valence-electron chi connectivity index (χ0n) is 28.6. The highest BCUT2D eigenvalue weighted by molar-refractivity contribution is 7.93. The number of sulfone groups is 1. The number of rotatable bonds is 12. The molecule has 1 aliphatic carbocycles. The van der Waals surface area contributed by atoms with Crippen molar-refractivity contribution < 1.29 is 46.8 Å². The van der Waals surface area contributed by atoms with Crippen LogP contribution in [0.25, 0.3) is 17.2 Å². The third kappa shape index (κ3) is 9.57. The molecule has 13 nitrogen and oxygen atoms in total. The van der Waals surface area contributed by atoms with Crippen LogP contribution in [-0.2, 0) is 25.1 Å². The largest absolute Gasteiger partial charge is 0.496 e. The quantitative estimate of drug-likeness (QED) is 0.152. The first-order valence-corrected chi connectivity index (χ1v) is 17.3. The highest BCUT2D eigenvalue weighted by atomic mass is 32.2. The average molecular weight is 720 g/mol. The lowest BCUT2D eigenvalue weighted by Gasteiger charge is -2.15. The van der Waals surface area contributed by atoms with Crippen LogP contribution in [0, 0.1) is 0 Å². The first-order valence-electron chi connectivity index (χ1n) is 15.6. The number of aliphatic hydroxyl groups is 1. The van der Waals surface area contributed by atoms with Crippen LogP contribution in [0.2, 0.25) is 0 Å². The SMILES string of the molecule is COc1cc(OC)c(/C=C/S(=O)(=O)Cc2ccc(OC)c(N)c2)c(OC)c1.N[C@@H](CO)C(=O)NC(=O)OCC1c2ccccc2-c2ccccc21. The minimum atomic E-state index is -3.55. The number of benzene rings is 4. The Bertz CT molecular complexity index is 1930. The number of carbonyl (C=O) groups excluding carboxylic acids is 2. The first-order chi connectivity index (χ1) is 24.4. The lowest BCUT2D eigenvalue weighted by Crippen LogP contribution is -2.45. The number of alkyl carbamates (subject to hydrolysis) is 1. The zero-order valence-corrected chi connectivity index (χ0v) is 29.4. The Balaban J connectivity index is 0.000000230. The van der Waals surface area contributed by atoms with Crippen molar-refractivity contribution in [3.8, 4) is 34.1 Å². The molecule has 1 aliphatic rings. The number of imide groups is 1. The van der Waals surface area contributed by atoms with E-state index in [4.69, 9.17) is 40.3 Å². The Morgan fingerprint density at radius 3 is 1.92 bits per heavy atom. The number of hydrogen-bond donors (Lipinski definition) is 4. The molecule has 51 heavy (non-hydrogen) atoms. The number of anilines is 1. The fourth-order valence-corrected chi connectivity index (χ4v) is 6.52. The lowest BCUT2D eigenvalue weighted by molar-refractivity contribution is -0.122. The van der Waals surface area contributed by atoms with Gasteiger partial charge in [-0.1, -0.05) is 54.6 Å². The van der Waals surface area contributed by atoms with Crippen molar-refractivity contribution in [2.24, 2.45) is 5.73 Å². The second kappa shape index (κ2) is 17.4. The van der Waals surface area contributed by atoms with Gasteiger partial charge in [-0.3, -0.25) is 10.1 Å². The predicted octanol–water partition coefficient (Wildman–Crippen LogP) is 4.26. The number of fused-ring (bicyclic) bond motifs is 3. The van der Waals surface area contributed by atoms with Crippen molar-refractivity contribution in [1.29, 1.82) is 0 Å². The predicted molar refractivity (Wildman–Crippen MR) is 193 cm³/mol. The molecule has 0 saturated heterocycles. The first kappa shape index (κ1) is 38.2. The second-order valence-electron chi connectivity index (χ2n) is 11.2. The van der Waals surface area contributed by atoms with Crippen LogP contribution in [0.5, 0.6) is 23.0 Å². The summed E-state index contributed by atoms with van der Waals surface area (Å²) in [5, 5.41) is 11.9. The molecule has 2 amide bonds. The fourth-order valence-electron chi connectivity index (χ4n) is 5.43. The summed E-state index contributed by atoms with van der Waals surface area (Å²) in [7, 11) is 2.44. The van der Waals surface area contributed by atoms with Crippen LogP contribution >= 0.6 is 0 Å². The monoisotopic (exact) mass is 719 g/mol. The number of ether oxygens (including phenoxy) is 5. The van der Waals surface area contributed by atoms with Gasteiger partial charge in [0, 0.05) is 23.5 Å². The standard InChI is InChI=1S/C19H23NO6S.C18H18N2O4/c1-23-14-10-18(25-3)15(19(11-14)26-4)7-8-27(21,22)12-13-5-6-17(24-2)16(20)9-13;19-16(9-21)17(22)20-18(23)24-10-15-13-7-3-1-5-11(13)12-6-2-4-8-14(12)15/h5-11H,12,20H2,1-4H3;1-8,15-16,21H,9-10,19H2,(H,20,22,23)/b8-7+;/t;16-/m.0/s1. The van der Waals surface area contributed by atoms with E-state index >= 15 is 0 Å². The molecule has 0 spiro atoms. The number of hydrogen-bond acceptors (Lipinski definition) is 12. The maximum absolute atomic E-state index is 12.5. The molecular formula is C37H41N3O10S. The second-order valence-corrected chi connectivity index (χ2v) is 13.1. The molecular weight excluding hydrogens is 678 g/mol. The Morgan fingerprint density at radius 1 is 0.843 bits per heavy atom. The van der Waals surface area contributed by atoms with Gasteiger partial charge < -0.3 is 40.3 Å². The summed E-state index contributed by atoms with van der Waals surface area (Å²) < 4.78 is 51.1. The Morgan fingerprint density at radius 2 is 1.41 bits per heavy atom. The topological polar surface area (TPSA) is 199 Å². The van der Waals surface area contributed by atoms with Crippen molar-refractivity contribution in [3.05, 3.63) is 107 Å². The normalized spacial score (nSPS) is 12.5. The van der Waals surface area contributed by atoms with Gasteiger partial charge in [-0.2, -0.15) is 0 Å². The minimum Gasteiger partial charge on any atom is -0.496 e. The van der Waals surface area contributed by atoms with Crippen LogP contribution in [0.4, 0.5) is 10.5 Å². The van der Waals surface area contributed by atoms with E-state index < -0.39 is 34.5 Å². The van der Waals surface area contributed by atoms with E-state index in [1.807, 2.05) is 53.8 Å². The lowest BCUT2D eigenvalue weighted by atomic mass is 9.98. The Labute approximate surface area is 296 Å². The molecule has 0 aromatic heterocycles. The van der Waals surface area contributed by atoms with Gasteiger partial charge in [0.2, 0.25) is 5.91 Å². The third-order valence-electron chi connectivity index (χ3n) is 7.96. The molecule has 270 valence electrons. The Hall–Kier alpha value is -5.57. The average Bonchev–Trinajstić information content (AvgIpc) is 3.45. The molecule has 0 unspecified atom stereocenters. The molecule has 0 saturated carbocycles. The van der Waals surface area contributed by atoms with Crippen molar-refractivity contribution in [2.45, 2.75) is 17.7 Å². The third-order valence-corrected chi connectivity index (χ3v) is 9.25. The molecule has 0 radical (unpaired) electrons. The molecule has 1 atom stereocenters. The van der Waals surface area contributed by atoms with E-state index in [0.717, 1.165) is 27.7 Å². The number of carbonyl (C=O) groups is 2. The summed E-state index contributed by atoms with van der Waals surface area (Å²) in [5.74, 6) is 0.868. The molecule has 4 aromatic carbocycles. The number of nitrogen functional groups attached to an aromatic ring is 1. The van der Waals surface area contributed by atoms with Gasteiger partial charge in [0.05, 0.1) is 52.0 Å². The zero-order chi connectivity index (χ0) is 37.1. The van der Waals surface area contributed by atoms with E-state index in [9.17, 15) is 18.0 Å². The van der Waals surface area contributed by atoms with Crippen LogP contribution in [0.3, 0.4) is 0 Å². The molecule has 0 bridgehead atoms. The van der Waals surface area contributed by atoms with E-state index in [1.165, 1.54) is 34.5 Å². The number of nitrogens with two attached hydrogens (primary N) is 2. The summed E-state index contributed by atoms with van der Waals surface area (Å²) in [6, 6.07) is 23.0. The molecule has 0 fully saturated rings. The summed E-state index contributed by atoms with van der Waals surface area (Å²) in [6.07, 6.45) is 0.574. The van der Waals surface area contributed by atoms with Gasteiger partial charge >= 0.3 is 6.09 Å². The highest BCUT2D eigenvalue weighted by Gasteiger charge is 2.29. The minimum absolute atomic E-state index is 0.0789. The summed E-state index contributed by atoms with van der Waals surface area (Å²) in [5.41, 5.74) is 17.0. The van der Waals surface area contributed by atoms with Crippen molar-refractivity contribution in [3.63, 3.8) is 0 Å². The van der Waals surface area contributed by atoms with Crippen LogP contribution in [-0.4, -0.2) is 73.2 Å². The van der Waals surface area contributed by atoms with E-state index in [2.05, 4.69) is 0 Å². The van der Waals surface area contributed by atoms with Gasteiger partial charge in [0.25, 0.3) is 0 Å². The molecule has 5 rings (SSSR count). The van der Waals surface area contributed by atoms with Gasteiger partial charge in [-0.05, 0) is 46.0 Å². The van der Waals surface area contributed by atoms with Gasteiger partial charge in [0.1, 0.15) is 35.6 Å². The van der Waals surface area contributed by atoms with Crippen LogP contribution in [0.1, 0.15) is 28.2 Å². The van der Waals surface area contributed by atoms with Gasteiger partial charge in [-0.15, -0.1) is 0 Å². The summed E-state index contributed by atoms with van der Waals surface area (Å²) in [6.45, 7) is -0.427. The number of methoxy groups -OCH3 is 4. The van der Waals surface area contributed by atoms with Crippen LogP contribution < -0.4 is 35.7 Å². The molecule has 0 heterocycles. The van der Waals surface area contributed by atoms with E-state index in [-0.39, 0.29) is 18.3 Å². The molecule has 14 heteroatoms. The molecule has 0 aliphatic heterocycles.